The Morgan fingerprint density at radius 1 is 1.21 bits per heavy atom. The van der Waals surface area contributed by atoms with Crippen LogP contribution in [0.1, 0.15) is 68.9 Å². The van der Waals surface area contributed by atoms with Crippen molar-refractivity contribution in [2.24, 2.45) is 17.8 Å². The highest BCUT2D eigenvalue weighted by atomic mass is 16.3. The molecule has 4 rings (SSSR count). The third kappa shape index (κ3) is 6.58. The molecule has 1 aliphatic heterocycles. The number of unbranched alkanes of at least 4 members (excludes halogenated alkanes) is 1. The topological polar surface area (TPSA) is 60.8 Å². The second-order valence-electron chi connectivity index (χ2n) is 10.5. The van der Waals surface area contributed by atoms with E-state index in [4.69, 9.17) is 0 Å². The molecule has 180 valence electrons. The molecule has 2 fully saturated rings. The summed E-state index contributed by atoms with van der Waals surface area (Å²) in [6.45, 7) is 3.96. The number of nitrogens with zero attached hydrogens (tertiary/aromatic N) is 1. The van der Waals surface area contributed by atoms with Crippen molar-refractivity contribution in [3.63, 3.8) is 0 Å². The number of likely N-dealkylation sites (tertiary alicyclic amines) is 1. The van der Waals surface area contributed by atoms with Gasteiger partial charge in [-0.25, -0.2) is 0 Å². The molecule has 33 heavy (non-hydrogen) atoms. The van der Waals surface area contributed by atoms with Crippen LogP contribution in [0.25, 0.3) is 0 Å². The molecule has 0 unspecified atom stereocenters. The first-order valence-electron chi connectivity index (χ1n) is 13.1. The minimum Gasteiger partial charge on any atom is -0.392 e. The standard InChI is InChI=1S/C29H41NO3/c1-21-8-7-10-22(16-21)18-25(31)12-13-26-27-19-23(17-24(27)20-28(26)32)9-3-4-11-29(33)30-14-5-2-6-15-30/h7-8,10,12-13,16-17,24-28,31-32H,2-6,9,11,14-15,18-20H2,1H3/t24-,25+,26+,27-,28+/m0/s1. The number of amides is 1. The predicted molar refractivity (Wildman–Crippen MR) is 133 cm³/mol. The summed E-state index contributed by atoms with van der Waals surface area (Å²) < 4.78 is 0. The maximum absolute atomic E-state index is 12.3. The Labute approximate surface area is 199 Å². The van der Waals surface area contributed by atoms with Crippen molar-refractivity contribution < 1.29 is 15.0 Å². The van der Waals surface area contributed by atoms with Gasteiger partial charge in [-0.15, -0.1) is 0 Å². The Morgan fingerprint density at radius 3 is 2.82 bits per heavy atom. The second-order valence-corrected chi connectivity index (χ2v) is 10.5. The number of aliphatic hydroxyl groups is 2. The van der Waals surface area contributed by atoms with Crippen LogP contribution in [0.3, 0.4) is 0 Å². The van der Waals surface area contributed by atoms with Crippen LogP contribution in [0.5, 0.6) is 0 Å². The van der Waals surface area contributed by atoms with Gasteiger partial charge in [0, 0.05) is 31.8 Å². The zero-order chi connectivity index (χ0) is 23.2. The lowest BCUT2D eigenvalue weighted by Gasteiger charge is -2.26. The molecular formula is C29H41NO3. The van der Waals surface area contributed by atoms with E-state index in [2.05, 4.69) is 42.2 Å². The SMILES string of the molecule is Cc1cccc(C[C@H](O)C=C[C@@H]2[C@H]3CC(CCCCC(=O)N4CCCCC4)=C[C@H]3C[C@H]2O)c1. The highest BCUT2D eigenvalue weighted by Gasteiger charge is 2.43. The monoisotopic (exact) mass is 451 g/mol. The second kappa shape index (κ2) is 11.5. The van der Waals surface area contributed by atoms with Gasteiger partial charge < -0.3 is 15.1 Å². The van der Waals surface area contributed by atoms with Crippen LogP contribution >= 0.6 is 0 Å². The zero-order valence-electron chi connectivity index (χ0n) is 20.2. The van der Waals surface area contributed by atoms with Gasteiger partial charge in [0.15, 0.2) is 0 Å². The van der Waals surface area contributed by atoms with E-state index in [1.807, 2.05) is 12.1 Å². The summed E-state index contributed by atoms with van der Waals surface area (Å²) in [5, 5.41) is 21.1. The molecule has 0 bridgehead atoms. The first kappa shape index (κ1) is 24.2. The number of carbonyl (C=O) groups is 1. The third-order valence-electron chi connectivity index (χ3n) is 7.88. The highest BCUT2D eigenvalue weighted by molar-refractivity contribution is 5.76. The fourth-order valence-electron chi connectivity index (χ4n) is 6.13. The molecule has 1 saturated heterocycles. The van der Waals surface area contributed by atoms with Crippen LogP contribution in [0, 0.1) is 24.7 Å². The van der Waals surface area contributed by atoms with Gasteiger partial charge in [-0.2, -0.15) is 0 Å². The van der Waals surface area contributed by atoms with Gasteiger partial charge >= 0.3 is 0 Å². The Hall–Kier alpha value is -1.91. The van der Waals surface area contributed by atoms with Gasteiger partial charge in [-0.3, -0.25) is 4.79 Å². The molecule has 1 heterocycles. The smallest absolute Gasteiger partial charge is 0.222 e. The summed E-state index contributed by atoms with van der Waals surface area (Å²) in [5.41, 5.74) is 3.85. The molecule has 1 aromatic carbocycles. The largest absolute Gasteiger partial charge is 0.392 e. The number of hydrogen-bond donors (Lipinski definition) is 2. The highest BCUT2D eigenvalue weighted by Crippen LogP contribution is 2.48. The normalized spacial score (nSPS) is 28.2. The van der Waals surface area contributed by atoms with E-state index in [9.17, 15) is 15.0 Å². The van der Waals surface area contributed by atoms with Crippen LogP contribution < -0.4 is 0 Å². The van der Waals surface area contributed by atoms with Crippen LogP contribution in [-0.2, 0) is 11.2 Å². The van der Waals surface area contributed by atoms with Crippen LogP contribution in [0.4, 0.5) is 0 Å². The molecule has 1 amide bonds. The van der Waals surface area contributed by atoms with Crippen molar-refractivity contribution in [3.8, 4) is 0 Å². The van der Waals surface area contributed by atoms with Crippen molar-refractivity contribution in [2.45, 2.75) is 83.3 Å². The third-order valence-corrected chi connectivity index (χ3v) is 7.88. The van der Waals surface area contributed by atoms with E-state index in [0.717, 1.165) is 63.6 Å². The number of aryl methyl sites for hydroxylation is 1. The maximum Gasteiger partial charge on any atom is 0.222 e. The number of allylic oxidation sites excluding steroid dienone is 2. The molecule has 2 N–H and O–H groups in total. The maximum atomic E-state index is 12.3. The van der Waals surface area contributed by atoms with E-state index in [1.165, 1.54) is 17.6 Å². The van der Waals surface area contributed by atoms with E-state index in [0.29, 0.717) is 30.6 Å². The molecule has 5 atom stereocenters. The summed E-state index contributed by atoms with van der Waals surface area (Å²) in [6, 6.07) is 8.27. The molecule has 1 saturated carbocycles. The van der Waals surface area contributed by atoms with Crippen molar-refractivity contribution in [2.75, 3.05) is 13.1 Å². The molecule has 4 heteroatoms. The van der Waals surface area contributed by atoms with Gasteiger partial charge in [-0.1, -0.05) is 53.6 Å². The molecule has 3 aliphatic rings. The molecule has 1 aromatic rings. The minimum absolute atomic E-state index is 0.122. The first-order chi connectivity index (χ1) is 16.0. The van der Waals surface area contributed by atoms with Crippen LogP contribution in [0.2, 0.25) is 0 Å². The summed E-state index contributed by atoms with van der Waals surface area (Å²) >= 11 is 0. The minimum atomic E-state index is -0.524. The number of piperidine rings is 1. The van der Waals surface area contributed by atoms with E-state index >= 15 is 0 Å². The molecular weight excluding hydrogens is 410 g/mol. The molecule has 4 nitrogen and oxygen atoms in total. The fourth-order valence-corrected chi connectivity index (χ4v) is 6.13. The summed E-state index contributed by atoms with van der Waals surface area (Å²) in [4.78, 5) is 14.4. The molecule has 0 radical (unpaired) electrons. The number of aliphatic hydroxyl groups excluding tert-OH is 2. The fraction of sp³-hybridized carbons (Fsp3) is 0.621. The van der Waals surface area contributed by atoms with E-state index in [-0.39, 0.29) is 12.0 Å². The Kier molecular flexibility index (Phi) is 8.43. The zero-order valence-corrected chi connectivity index (χ0v) is 20.2. The summed E-state index contributed by atoms with van der Waals surface area (Å²) in [6.07, 6.45) is 15.4. The number of carbonyl (C=O) groups excluding carboxylic acids is 1. The van der Waals surface area contributed by atoms with E-state index < -0.39 is 6.10 Å². The average molecular weight is 452 g/mol. The van der Waals surface area contributed by atoms with E-state index in [1.54, 1.807) is 0 Å². The lowest BCUT2D eigenvalue weighted by molar-refractivity contribution is -0.132. The van der Waals surface area contributed by atoms with Crippen molar-refractivity contribution in [3.05, 3.63) is 59.2 Å². The van der Waals surface area contributed by atoms with Gasteiger partial charge in [0.2, 0.25) is 5.91 Å². The number of fused-ring (bicyclic) bond motifs is 1. The van der Waals surface area contributed by atoms with Gasteiger partial charge in [0.25, 0.3) is 0 Å². The van der Waals surface area contributed by atoms with Gasteiger partial charge in [-0.05, 0) is 75.7 Å². The average Bonchev–Trinajstić information content (AvgIpc) is 3.32. The Balaban J connectivity index is 1.21. The molecule has 0 spiro atoms. The van der Waals surface area contributed by atoms with Crippen molar-refractivity contribution in [1.82, 2.24) is 4.90 Å². The molecule has 0 aromatic heterocycles. The first-order valence-corrected chi connectivity index (χ1v) is 13.1. The van der Waals surface area contributed by atoms with Crippen molar-refractivity contribution >= 4 is 5.91 Å². The van der Waals surface area contributed by atoms with Gasteiger partial charge in [0.1, 0.15) is 0 Å². The number of rotatable bonds is 9. The van der Waals surface area contributed by atoms with Crippen molar-refractivity contribution in [1.29, 1.82) is 0 Å². The lowest BCUT2D eigenvalue weighted by Crippen LogP contribution is -2.35. The van der Waals surface area contributed by atoms with Gasteiger partial charge in [0.05, 0.1) is 12.2 Å². The van der Waals surface area contributed by atoms with Crippen LogP contribution in [0.15, 0.2) is 48.1 Å². The number of hydrogen-bond acceptors (Lipinski definition) is 3. The lowest BCUT2D eigenvalue weighted by atomic mass is 9.88. The quantitative estimate of drug-likeness (QED) is 0.412. The van der Waals surface area contributed by atoms with Crippen LogP contribution in [-0.4, -0.2) is 46.3 Å². The molecule has 2 aliphatic carbocycles. The Bertz CT molecular complexity index is 854. The summed E-state index contributed by atoms with van der Waals surface area (Å²) in [5.74, 6) is 1.36. The predicted octanol–water partition coefficient (Wildman–Crippen LogP) is 4.97. The number of benzene rings is 1. The Morgan fingerprint density at radius 2 is 2.03 bits per heavy atom. The summed E-state index contributed by atoms with van der Waals surface area (Å²) in [7, 11) is 0.